The van der Waals surface area contributed by atoms with E-state index in [1.807, 2.05) is 68.3 Å². The minimum atomic E-state index is -0.333. The summed E-state index contributed by atoms with van der Waals surface area (Å²) >= 11 is 1.27. The lowest BCUT2D eigenvalue weighted by Crippen LogP contribution is -2.20. The number of nitrogens with one attached hydrogen (secondary N) is 1. The molecule has 3 rings (SSSR count). The molecule has 1 aromatic heterocycles. The van der Waals surface area contributed by atoms with E-state index in [0.717, 1.165) is 16.8 Å². The molecule has 0 spiro atoms. The third-order valence-electron chi connectivity index (χ3n) is 5.02. The molecule has 0 saturated carbocycles. The number of carbonyl (C=O) groups excluding carboxylic acids is 1. The first-order valence-corrected chi connectivity index (χ1v) is 10.9. The lowest BCUT2D eigenvalue weighted by atomic mass is 10.1. The van der Waals surface area contributed by atoms with Crippen molar-refractivity contribution in [2.75, 3.05) is 30.4 Å². The average molecular weight is 448 g/mol. The normalized spacial score (nSPS) is 10.9. The van der Waals surface area contributed by atoms with Gasteiger partial charge in [-0.1, -0.05) is 17.7 Å². The Hall–Kier alpha value is -3.54. The van der Waals surface area contributed by atoms with Gasteiger partial charge in [-0.25, -0.2) is 0 Å². The number of aliphatic hydroxyl groups excluding tert-OH is 1. The van der Waals surface area contributed by atoms with Crippen LogP contribution in [0.1, 0.15) is 31.9 Å². The van der Waals surface area contributed by atoms with E-state index < -0.39 is 0 Å². The topological polar surface area (TPSA) is 101 Å². The maximum Gasteiger partial charge on any atom is 0.258 e. The number of thiophene rings is 1. The van der Waals surface area contributed by atoms with Crippen LogP contribution in [0.5, 0.6) is 0 Å². The molecule has 0 bridgehead atoms. The van der Waals surface area contributed by atoms with Gasteiger partial charge in [0.05, 0.1) is 17.9 Å². The van der Waals surface area contributed by atoms with Crippen molar-refractivity contribution in [3.05, 3.63) is 69.6 Å². The van der Waals surface area contributed by atoms with Crippen molar-refractivity contribution in [2.45, 2.75) is 20.8 Å². The molecule has 0 fully saturated rings. The molecular formula is C24H25N5O2S. The lowest BCUT2D eigenvalue weighted by Gasteiger charge is -2.17. The van der Waals surface area contributed by atoms with E-state index in [4.69, 9.17) is 5.11 Å². The van der Waals surface area contributed by atoms with Crippen LogP contribution >= 0.6 is 11.3 Å². The molecule has 32 heavy (non-hydrogen) atoms. The summed E-state index contributed by atoms with van der Waals surface area (Å²) in [5.74, 6) is -0.333. The van der Waals surface area contributed by atoms with E-state index in [2.05, 4.69) is 21.6 Å². The second kappa shape index (κ2) is 10.2. The summed E-state index contributed by atoms with van der Waals surface area (Å²) in [5, 5.41) is 30.6. The molecule has 0 unspecified atom stereocenters. The summed E-state index contributed by atoms with van der Waals surface area (Å²) in [6, 6.07) is 15.3. The standard InChI is InChI=1S/C24H25N5O2S/c1-15-5-10-21(16(2)13-15)26-23(31)22-17(3)32-24(20(22)14-25)28-27-18-6-8-19(9-7-18)29(4)11-12-30/h5-10,13,30H,11-12H2,1-4H3,(H,26,31). The molecule has 8 heteroatoms. The van der Waals surface area contributed by atoms with Gasteiger partial charge < -0.3 is 15.3 Å². The van der Waals surface area contributed by atoms with Crippen molar-refractivity contribution >= 4 is 39.3 Å². The number of azo groups is 1. The average Bonchev–Trinajstić information content (AvgIpc) is 3.10. The smallest absolute Gasteiger partial charge is 0.258 e. The first-order valence-electron chi connectivity index (χ1n) is 10.1. The number of carbonyl (C=O) groups is 1. The first-order chi connectivity index (χ1) is 15.3. The third-order valence-corrected chi connectivity index (χ3v) is 6.01. The maximum absolute atomic E-state index is 12.9. The number of likely N-dealkylation sites (N-methyl/N-ethyl adjacent to an activating group) is 1. The molecule has 0 aliphatic heterocycles. The van der Waals surface area contributed by atoms with E-state index in [-0.39, 0.29) is 18.1 Å². The van der Waals surface area contributed by atoms with Gasteiger partial charge in [0.25, 0.3) is 5.91 Å². The molecule has 0 radical (unpaired) electrons. The van der Waals surface area contributed by atoms with E-state index in [1.54, 1.807) is 6.92 Å². The Morgan fingerprint density at radius 2 is 1.88 bits per heavy atom. The number of rotatable bonds is 7. The minimum absolute atomic E-state index is 0.0754. The van der Waals surface area contributed by atoms with Gasteiger partial charge in [-0.2, -0.15) is 5.26 Å². The highest BCUT2D eigenvalue weighted by Gasteiger charge is 2.22. The lowest BCUT2D eigenvalue weighted by molar-refractivity contribution is 0.102. The zero-order chi connectivity index (χ0) is 23.3. The number of amides is 1. The second-order valence-electron chi connectivity index (χ2n) is 7.46. The molecule has 2 N–H and O–H groups in total. The fourth-order valence-electron chi connectivity index (χ4n) is 3.27. The highest BCUT2D eigenvalue weighted by atomic mass is 32.1. The van der Waals surface area contributed by atoms with E-state index in [9.17, 15) is 10.1 Å². The summed E-state index contributed by atoms with van der Waals surface area (Å²) in [5.41, 5.74) is 4.91. The Kier molecular flexibility index (Phi) is 7.36. The monoisotopic (exact) mass is 447 g/mol. The summed E-state index contributed by atoms with van der Waals surface area (Å²) in [6.45, 7) is 6.33. The van der Waals surface area contributed by atoms with Crippen LogP contribution < -0.4 is 10.2 Å². The van der Waals surface area contributed by atoms with Gasteiger partial charge in [-0.3, -0.25) is 4.79 Å². The van der Waals surface area contributed by atoms with Crippen molar-refractivity contribution in [1.29, 1.82) is 5.26 Å². The number of aliphatic hydroxyl groups is 1. The molecule has 0 aliphatic rings. The Balaban J connectivity index is 1.83. The quantitative estimate of drug-likeness (QED) is 0.458. The molecule has 0 saturated heterocycles. The van der Waals surface area contributed by atoms with E-state index in [1.165, 1.54) is 11.3 Å². The number of anilines is 2. The zero-order valence-electron chi connectivity index (χ0n) is 18.5. The Morgan fingerprint density at radius 3 is 2.50 bits per heavy atom. The Morgan fingerprint density at radius 1 is 1.16 bits per heavy atom. The predicted molar refractivity (Wildman–Crippen MR) is 129 cm³/mol. The molecule has 164 valence electrons. The molecule has 7 nitrogen and oxygen atoms in total. The summed E-state index contributed by atoms with van der Waals surface area (Å²) in [4.78, 5) is 15.6. The largest absolute Gasteiger partial charge is 0.395 e. The van der Waals surface area contributed by atoms with E-state index in [0.29, 0.717) is 33.4 Å². The zero-order valence-corrected chi connectivity index (χ0v) is 19.3. The van der Waals surface area contributed by atoms with Crippen molar-refractivity contribution < 1.29 is 9.90 Å². The molecular weight excluding hydrogens is 422 g/mol. The van der Waals surface area contributed by atoms with Crippen molar-refractivity contribution in [2.24, 2.45) is 10.2 Å². The third kappa shape index (κ3) is 5.19. The maximum atomic E-state index is 12.9. The number of hydrogen-bond donors (Lipinski definition) is 2. The highest BCUT2D eigenvalue weighted by molar-refractivity contribution is 7.16. The van der Waals surface area contributed by atoms with Crippen LogP contribution in [0.4, 0.5) is 22.1 Å². The number of hydrogen-bond acceptors (Lipinski definition) is 7. The predicted octanol–water partition coefficient (Wildman–Crippen LogP) is 5.64. The first kappa shape index (κ1) is 23.1. The molecule has 2 aromatic carbocycles. The van der Waals surface area contributed by atoms with Crippen molar-refractivity contribution in [1.82, 2.24) is 0 Å². The highest BCUT2D eigenvalue weighted by Crippen LogP contribution is 2.36. The van der Waals surface area contributed by atoms with Gasteiger partial charge in [-0.15, -0.1) is 21.6 Å². The van der Waals surface area contributed by atoms with Gasteiger partial charge in [0, 0.05) is 29.8 Å². The molecule has 1 heterocycles. The molecule has 3 aromatic rings. The summed E-state index contributed by atoms with van der Waals surface area (Å²) in [6.07, 6.45) is 0. The molecule has 1 amide bonds. The van der Waals surface area contributed by atoms with Gasteiger partial charge in [0.2, 0.25) is 0 Å². The summed E-state index contributed by atoms with van der Waals surface area (Å²) in [7, 11) is 1.89. The van der Waals surface area contributed by atoms with Gasteiger partial charge >= 0.3 is 0 Å². The van der Waals surface area contributed by atoms with Gasteiger partial charge in [0.1, 0.15) is 11.6 Å². The van der Waals surface area contributed by atoms with Gasteiger partial charge in [-0.05, 0) is 56.7 Å². The Labute approximate surface area is 191 Å². The molecule has 0 atom stereocenters. The van der Waals surface area contributed by atoms with Crippen LogP contribution in [0.3, 0.4) is 0 Å². The number of aryl methyl sites for hydroxylation is 3. The second-order valence-corrected chi connectivity index (χ2v) is 8.66. The molecule has 0 aliphatic carbocycles. The van der Waals surface area contributed by atoms with Crippen LogP contribution in [0, 0.1) is 32.1 Å². The fraction of sp³-hybridized carbons (Fsp3) is 0.250. The van der Waals surface area contributed by atoms with Crippen LogP contribution in [-0.4, -0.2) is 31.2 Å². The van der Waals surface area contributed by atoms with E-state index >= 15 is 0 Å². The van der Waals surface area contributed by atoms with Crippen LogP contribution in [0.25, 0.3) is 0 Å². The van der Waals surface area contributed by atoms with Crippen LogP contribution in [-0.2, 0) is 0 Å². The number of nitriles is 1. The van der Waals surface area contributed by atoms with Crippen molar-refractivity contribution in [3.63, 3.8) is 0 Å². The fourth-order valence-corrected chi connectivity index (χ4v) is 4.19. The van der Waals surface area contributed by atoms with Crippen LogP contribution in [0.2, 0.25) is 0 Å². The van der Waals surface area contributed by atoms with Crippen LogP contribution in [0.15, 0.2) is 52.7 Å². The number of benzene rings is 2. The Bertz CT molecular complexity index is 1190. The van der Waals surface area contributed by atoms with Crippen molar-refractivity contribution in [3.8, 4) is 6.07 Å². The van der Waals surface area contributed by atoms with Gasteiger partial charge in [0.15, 0.2) is 5.00 Å². The minimum Gasteiger partial charge on any atom is -0.395 e. The SMILES string of the molecule is Cc1ccc(NC(=O)c2c(C)sc(N=Nc3ccc(N(C)CCO)cc3)c2C#N)c(C)c1. The number of nitrogens with zero attached hydrogens (tertiary/aromatic N) is 4. The summed E-state index contributed by atoms with van der Waals surface area (Å²) < 4.78 is 0.